The van der Waals surface area contributed by atoms with Crippen molar-refractivity contribution in [1.82, 2.24) is 9.78 Å². The molecular formula is C18H23N3O3. The molecule has 6 heteroatoms. The molecule has 0 amide bonds. The first kappa shape index (κ1) is 16.4. The highest BCUT2D eigenvalue weighted by atomic mass is 16.5. The van der Waals surface area contributed by atoms with Crippen molar-refractivity contribution in [3.63, 3.8) is 0 Å². The number of aromatic nitrogens is 2. The first-order valence-corrected chi connectivity index (χ1v) is 7.90. The minimum absolute atomic E-state index is 0.0389. The molecule has 3 rings (SSSR count). The lowest BCUT2D eigenvalue weighted by atomic mass is 9.75. The van der Waals surface area contributed by atoms with Crippen LogP contribution in [-0.4, -0.2) is 34.9 Å². The van der Waals surface area contributed by atoms with Gasteiger partial charge in [0.05, 0.1) is 19.9 Å². The Hall–Kier alpha value is -2.50. The van der Waals surface area contributed by atoms with Gasteiger partial charge in [-0.3, -0.25) is 4.68 Å². The van der Waals surface area contributed by atoms with Gasteiger partial charge in [0.2, 0.25) is 0 Å². The molecule has 128 valence electrons. The van der Waals surface area contributed by atoms with Crippen molar-refractivity contribution in [2.75, 3.05) is 14.2 Å². The fourth-order valence-corrected chi connectivity index (χ4v) is 3.39. The number of rotatable bonds is 3. The van der Waals surface area contributed by atoms with Crippen LogP contribution in [-0.2, 0) is 13.5 Å². The summed E-state index contributed by atoms with van der Waals surface area (Å²) in [5.74, 6) is 1.32. The Kier molecular flexibility index (Phi) is 3.99. The summed E-state index contributed by atoms with van der Waals surface area (Å²) in [6.45, 7) is 4.34. The second-order valence-corrected chi connectivity index (χ2v) is 6.93. The van der Waals surface area contributed by atoms with Crippen LogP contribution >= 0.6 is 0 Å². The number of fused-ring (bicyclic) bond motifs is 1. The number of nitrogens with zero attached hydrogens (tertiary/aromatic N) is 3. The topological polar surface area (TPSA) is 68.9 Å². The molecule has 1 aromatic carbocycles. The van der Waals surface area contributed by atoms with Gasteiger partial charge in [-0.25, -0.2) is 0 Å². The zero-order chi connectivity index (χ0) is 17.5. The molecule has 1 heterocycles. The van der Waals surface area contributed by atoms with Gasteiger partial charge in [-0.1, -0.05) is 19.0 Å². The second-order valence-electron chi connectivity index (χ2n) is 6.93. The summed E-state index contributed by atoms with van der Waals surface area (Å²) in [6, 6.07) is 5.70. The number of aryl methyl sites for hydroxylation is 1. The van der Waals surface area contributed by atoms with Gasteiger partial charge in [0.1, 0.15) is 5.69 Å². The quantitative estimate of drug-likeness (QED) is 0.693. The largest absolute Gasteiger partial charge is 0.493 e. The lowest BCUT2D eigenvalue weighted by Gasteiger charge is -2.30. The second kappa shape index (κ2) is 5.85. The molecule has 0 unspecified atom stereocenters. The molecule has 0 saturated heterocycles. The normalized spacial score (nSPS) is 17.6. The summed E-state index contributed by atoms with van der Waals surface area (Å²) >= 11 is 0. The molecule has 0 spiro atoms. The Morgan fingerprint density at radius 1 is 1.17 bits per heavy atom. The molecule has 1 aliphatic carbocycles. The van der Waals surface area contributed by atoms with E-state index in [4.69, 9.17) is 9.47 Å². The Morgan fingerprint density at radius 2 is 1.88 bits per heavy atom. The number of oxime groups is 1. The maximum atomic E-state index is 9.54. The molecule has 1 N–H and O–H groups in total. The third kappa shape index (κ3) is 2.62. The summed E-state index contributed by atoms with van der Waals surface area (Å²) in [5.41, 5.74) is 4.44. The number of methoxy groups -OCH3 is 2. The highest BCUT2D eigenvalue weighted by molar-refractivity contribution is 6.07. The molecule has 6 nitrogen and oxygen atoms in total. The molecular weight excluding hydrogens is 306 g/mol. The Labute approximate surface area is 141 Å². The monoisotopic (exact) mass is 329 g/mol. The molecule has 0 saturated carbocycles. The highest BCUT2D eigenvalue weighted by Crippen LogP contribution is 2.40. The van der Waals surface area contributed by atoms with E-state index in [-0.39, 0.29) is 5.41 Å². The van der Waals surface area contributed by atoms with Crippen LogP contribution in [0.1, 0.15) is 31.5 Å². The van der Waals surface area contributed by atoms with Crippen LogP contribution in [0, 0.1) is 5.41 Å². The SMILES string of the molecule is COc1ccc(-c2nn(C)c3c2/C(=N/O)CC(C)(C)C3)cc1OC. The van der Waals surface area contributed by atoms with Crippen molar-refractivity contribution < 1.29 is 14.7 Å². The van der Waals surface area contributed by atoms with E-state index in [0.29, 0.717) is 23.6 Å². The first-order valence-electron chi connectivity index (χ1n) is 7.90. The van der Waals surface area contributed by atoms with Crippen LogP contribution < -0.4 is 9.47 Å². The minimum Gasteiger partial charge on any atom is -0.493 e. The van der Waals surface area contributed by atoms with Gasteiger partial charge in [0, 0.05) is 23.9 Å². The molecule has 0 aliphatic heterocycles. The smallest absolute Gasteiger partial charge is 0.161 e. The van der Waals surface area contributed by atoms with Crippen LogP contribution in [0.4, 0.5) is 0 Å². The van der Waals surface area contributed by atoms with E-state index in [9.17, 15) is 5.21 Å². The average molecular weight is 329 g/mol. The van der Waals surface area contributed by atoms with Crippen molar-refractivity contribution in [3.05, 3.63) is 29.5 Å². The van der Waals surface area contributed by atoms with E-state index in [1.165, 1.54) is 0 Å². The van der Waals surface area contributed by atoms with Crippen molar-refractivity contribution in [1.29, 1.82) is 0 Å². The predicted octanol–water partition coefficient (Wildman–Crippen LogP) is 3.26. The van der Waals surface area contributed by atoms with Crippen LogP contribution in [0.3, 0.4) is 0 Å². The molecule has 0 radical (unpaired) electrons. The standard InChI is InChI=1S/C18H23N3O3/c1-18(2)9-12(20-22)16-13(10-18)21(3)19-17(16)11-6-7-14(23-4)15(8-11)24-5/h6-8,22H,9-10H2,1-5H3/b20-12+. The van der Waals surface area contributed by atoms with Crippen LogP contribution in [0.25, 0.3) is 11.3 Å². The summed E-state index contributed by atoms with van der Waals surface area (Å²) in [7, 11) is 5.15. The average Bonchev–Trinajstić information content (AvgIpc) is 2.89. The molecule has 1 aliphatic rings. The highest BCUT2D eigenvalue weighted by Gasteiger charge is 2.35. The molecule has 2 aromatic rings. The van der Waals surface area contributed by atoms with E-state index in [1.807, 2.05) is 29.9 Å². The Bertz CT molecular complexity index is 806. The van der Waals surface area contributed by atoms with Crippen molar-refractivity contribution in [3.8, 4) is 22.8 Å². The Balaban J connectivity index is 2.18. The van der Waals surface area contributed by atoms with Crippen molar-refractivity contribution in [2.24, 2.45) is 17.6 Å². The molecule has 24 heavy (non-hydrogen) atoms. The minimum atomic E-state index is 0.0389. The number of benzene rings is 1. The fraction of sp³-hybridized carbons (Fsp3) is 0.444. The maximum Gasteiger partial charge on any atom is 0.161 e. The van der Waals surface area contributed by atoms with E-state index < -0.39 is 0 Å². The lowest BCUT2D eigenvalue weighted by Crippen LogP contribution is -2.28. The van der Waals surface area contributed by atoms with Gasteiger partial charge in [0.25, 0.3) is 0 Å². The van der Waals surface area contributed by atoms with Crippen LogP contribution in [0.2, 0.25) is 0 Å². The predicted molar refractivity (Wildman–Crippen MR) is 92.2 cm³/mol. The van der Waals surface area contributed by atoms with Gasteiger partial charge in [-0.05, 0) is 36.5 Å². The molecule has 0 fully saturated rings. The number of hydrogen-bond donors (Lipinski definition) is 1. The van der Waals surface area contributed by atoms with Crippen molar-refractivity contribution in [2.45, 2.75) is 26.7 Å². The zero-order valence-electron chi connectivity index (χ0n) is 14.8. The lowest BCUT2D eigenvalue weighted by molar-refractivity contribution is 0.305. The van der Waals surface area contributed by atoms with Gasteiger partial charge in [-0.2, -0.15) is 5.10 Å². The van der Waals surface area contributed by atoms with E-state index in [2.05, 4.69) is 24.1 Å². The van der Waals surface area contributed by atoms with Gasteiger partial charge in [0.15, 0.2) is 11.5 Å². The van der Waals surface area contributed by atoms with E-state index in [1.54, 1.807) is 14.2 Å². The summed E-state index contributed by atoms with van der Waals surface area (Å²) in [6.07, 6.45) is 1.60. The Morgan fingerprint density at radius 3 is 2.50 bits per heavy atom. The van der Waals surface area contributed by atoms with Gasteiger partial charge in [-0.15, -0.1) is 0 Å². The summed E-state index contributed by atoms with van der Waals surface area (Å²) < 4.78 is 12.6. The third-order valence-corrected chi connectivity index (χ3v) is 4.52. The number of ether oxygens (including phenoxy) is 2. The van der Waals surface area contributed by atoms with Gasteiger partial charge < -0.3 is 14.7 Å². The molecule has 0 bridgehead atoms. The summed E-state index contributed by atoms with van der Waals surface area (Å²) in [5, 5.41) is 17.8. The zero-order valence-corrected chi connectivity index (χ0v) is 14.8. The molecule has 0 atom stereocenters. The van der Waals surface area contributed by atoms with E-state index in [0.717, 1.165) is 28.9 Å². The summed E-state index contributed by atoms with van der Waals surface area (Å²) in [4.78, 5) is 0. The van der Waals surface area contributed by atoms with E-state index >= 15 is 0 Å². The fourth-order valence-electron chi connectivity index (χ4n) is 3.39. The van der Waals surface area contributed by atoms with Crippen LogP contribution in [0.15, 0.2) is 23.4 Å². The first-order chi connectivity index (χ1) is 11.4. The van der Waals surface area contributed by atoms with Gasteiger partial charge >= 0.3 is 0 Å². The third-order valence-electron chi connectivity index (χ3n) is 4.52. The molecule has 1 aromatic heterocycles. The van der Waals surface area contributed by atoms with Crippen molar-refractivity contribution >= 4 is 5.71 Å². The number of hydrogen-bond acceptors (Lipinski definition) is 5. The maximum absolute atomic E-state index is 9.54. The van der Waals surface area contributed by atoms with Crippen LogP contribution in [0.5, 0.6) is 11.5 Å².